The van der Waals surface area contributed by atoms with Crippen molar-refractivity contribution in [2.24, 2.45) is 0 Å². The van der Waals surface area contributed by atoms with Gasteiger partial charge in [0.25, 0.3) is 0 Å². The molecule has 3 aromatic rings. The van der Waals surface area contributed by atoms with E-state index in [2.05, 4.69) is 0 Å². The van der Waals surface area contributed by atoms with Gasteiger partial charge in [-0.3, -0.25) is 0 Å². The lowest BCUT2D eigenvalue weighted by atomic mass is 10.1. The SMILES string of the molecule is COc1ccc(C=Cc2cc(=O)oc3ccc(C)cc23)cc1. The average molecular weight is 292 g/mol. The Hall–Kier alpha value is -2.81. The van der Waals surface area contributed by atoms with Gasteiger partial charge in [0.15, 0.2) is 0 Å². The maximum absolute atomic E-state index is 11.7. The van der Waals surface area contributed by atoms with Crippen LogP contribution in [0.4, 0.5) is 0 Å². The predicted molar refractivity (Wildman–Crippen MR) is 89.1 cm³/mol. The fraction of sp³-hybridized carbons (Fsp3) is 0.105. The zero-order valence-corrected chi connectivity index (χ0v) is 12.5. The lowest BCUT2D eigenvalue weighted by Crippen LogP contribution is -1.97. The molecule has 110 valence electrons. The van der Waals surface area contributed by atoms with Gasteiger partial charge in [-0.25, -0.2) is 4.79 Å². The monoisotopic (exact) mass is 292 g/mol. The highest BCUT2D eigenvalue weighted by Gasteiger charge is 2.03. The first kappa shape index (κ1) is 14.1. The second kappa shape index (κ2) is 5.90. The Morgan fingerprint density at radius 3 is 2.50 bits per heavy atom. The Labute approximate surface area is 128 Å². The molecule has 3 heteroatoms. The summed E-state index contributed by atoms with van der Waals surface area (Å²) in [5.74, 6) is 0.818. The van der Waals surface area contributed by atoms with Gasteiger partial charge in [0, 0.05) is 11.5 Å². The number of hydrogen-bond acceptors (Lipinski definition) is 3. The van der Waals surface area contributed by atoms with Crippen LogP contribution in [0.2, 0.25) is 0 Å². The lowest BCUT2D eigenvalue weighted by Gasteiger charge is -2.03. The van der Waals surface area contributed by atoms with Crippen molar-refractivity contribution >= 4 is 23.1 Å². The van der Waals surface area contributed by atoms with Gasteiger partial charge in [-0.1, -0.05) is 35.9 Å². The minimum atomic E-state index is -0.342. The molecule has 0 amide bonds. The van der Waals surface area contributed by atoms with E-state index in [9.17, 15) is 4.79 Å². The summed E-state index contributed by atoms with van der Waals surface area (Å²) in [6, 6.07) is 15.0. The number of benzene rings is 2. The van der Waals surface area contributed by atoms with Crippen LogP contribution >= 0.6 is 0 Å². The molecule has 0 bridgehead atoms. The van der Waals surface area contributed by atoms with Crippen molar-refractivity contribution in [3.8, 4) is 5.75 Å². The van der Waals surface area contributed by atoms with Crippen molar-refractivity contribution in [2.45, 2.75) is 6.92 Å². The normalized spacial score (nSPS) is 11.2. The summed E-state index contributed by atoms with van der Waals surface area (Å²) in [6.45, 7) is 2.02. The van der Waals surface area contributed by atoms with E-state index in [1.807, 2.05) is 61.5 Å². The first-order chi connectivity index (χ1) is 10.7. The largest absolute Gasteiger partial charge is 0.497 e. The van der Waals surface area contributed by atoms with Crippen LogP contribution in [0.5, 0.6) is 5.75 Å². The zero-order valence-electron chi connectivity index (χ0n) is 12.5. The summed E-state index contributed by atoms with van der Waals surface area (Å²) < 4.78 is 10.4. The maximum atomic E-state index is 11.7. The fourth-order valence-corrected chi connectivity index (χ4v) is 2.34. The summed E-state index contributed by atoms with van der Waals surface area (Å²) in [4.78, 5) is 11.7. The molecule has 0 saturated carbocycles. The molecule has 0 aliphatic carbocycles. The smallest absolute Gasteiger partial charge is 0.336 e. The molecular formula is C19H16O3. The van der Waals surface area contributed by atoms with E-state index in [1.165, 1.54) is 6.07 Å². The summed E-state index contributed by atoms with van der Waals surface area (Å²) >= 11 is 0. The van der Waals surface area contributed by atoms with Crippen molar-refractivity contribution < 1.29 is 9.15 Å². The first-order valence-corrected chi connectivity index (χ1v) is 7.02. The van der Waals surface area contributed by atoms with Gasteiger partial charge in [0.05, 0.1) is 7.11 Å². The number of aryl methyl sites for hydroxylation is 1. The van der Waals surface area contributed by atoms with Gasteiger partial charge in [0.2, 0.25) is 0 Å². The van der Waals surface area contributed by atoms with E-state index in [-0.39, 0.29) is 5.63 Å². The average Bonchev–Trinajstić information content (AvgIpc) is 2.53. The summed E-state index contributed by atoms with van der Waals surface area (Å²) in [5, 5.41) is 0.935. The van der Waals surface area contributed by atoms with Crippen LogP contribution < -0.4 is 10.4 Å². The Bertz CT molecular complexity index is 887. The van der Waals surface area contributed by atoms with Gasteiger partial charge in [0.1, 0.15) is 11.3 Å². The van der Waals surface area contributed by atoms with Crippen molar-refractivity contribution in [3.05, 3.63) is 75.6 Å². The molecule has 0 unspecified atom stereocenters. The summed E-state index contributed by atoms with van der Waals surface area (Å²) in [7, 11) is 1.64. The molecule has 0 spiro atoms. The first-order valence-electron chi connectivity index (χ1n) is 7.02. The van der Waals surface area contributed by atoms with Gasteiger partial charge in [-0.2, -0.15) is 0 Å². The van der Waals surface area contributed by atoms with Crippen molar-refractivity contribution in [3.63, 3.8) is 0 Å². The van der Waals surface area contributed by atoms with Crippen molar-refractivity contribution in [1.82, 2.24) is 0 Å². The second-order valence-corrected chi connectivity index (χ2v) is 5.13. The highest BCUT2D eigenvalue weighted by Crippen LogP contribution is 2.21. The zero-order chi connectivity index (χ0) is 15.5. The molecule has 22 heavy (non-hydrogen) atoms. The molecule has 0 aliphatic rings. The minimum absolute atomic E-state index is 0.342. The number of methoxy groups -OCH3 is 1. The molecular weight excluding hydrogens is 276 g/mol. The quantitative estimate of drug-likeness (QED) is 0.676. The van der Waals surface area contributed by atoms with E-state index in [4.69, 9.17) is 9.15 Å². The molecule has 3 rings (SSSR count). The standard InChI is InChI=1S/C19H16O3/c1-13-3-10-18-17(11-13)15(12-19(20)22-18)7-4-14-5-8-16(21-2)9-6-14/h3-12H,1-2H3. The van der Waals surface area contributed by atoms with Crippen LogP contribution in [0.25, 0.3) is 23.1 Å². The molecule has 3 nitrogen and oxygen atoms in total. The van der Waals surface area contributed by atoms with E-state index in [0.29, 0.717) is 5.58 Å². The van der Waals surface area contributed by atoms with Gasteiger partial charge >= 0.3 is 5.63 Å². The third-order valence-corrected chi connectivity index (χ3v) is 3.50. The van der Waals surface area contributed by atoms with Gasteiger partial charge < -0.3 is 9.15 Å². The summed E-state index contributed by atoms with van der Waals surface area (Å²) in [6.07, 6.45) is 3.90. The number of ether oxygens (including phenoxy) is 1. The van der Waals surface area contributed by atoms with E-state index < -0.39 is 0 Å². The van der Waals surface area contributed by atoms with Crippen molar-refractivity contribution in [1.29, 1.82) is 0 Å². The predicted octanol–water partition coefficient (Wildman–Crippen LogP) is 4.28. The van der Waals surface area contributed by atoms with Crippen molar-refractivity contribution in [2.75, 3.05) is 7.11 Å². The fourth-order valence-electron chi connectivity index (χ4n) is 2.34. The lowest BCUT2D eigenvalue weighted by molar-refractivity contribution is 0.415. The van der Waals surface area contributed by atoms with Crippen LogP contribution in [0.1, 0.15) is 16.7 Å². The summed E-state index contributed by atoms with van der Waals surface area (Å²) in [5.41, 5.74) is 3.28. The molecule has 0 aliphatic heterocycles. The third-order valence-electron chi connectivity index (χ3n) is 3.50. The molecule has 0 radical (unpaired) electrons. The molecule has 1 aromatic heterocycles. The van der Waals surface area contributed by atoms with Crippen LogP contribution in [-0.2, 0) is 0 Å². The van der Waals surface area contributed by atoms with Gasteiger partial charge in [-0.05, 0) is 42.3 Å². The number of rotatable bonds is 3. The van der Waals surface area contributed by atoms with Crippen LogP contribution in [0.3, 0.4) is 0 Å². The molecule has 2 aromatic carbocycles. The molecule has 0 fully saturated rings. The highest BCUT2D eigenvalue weighted by molar-refractivity contribution is 5.89. The number of fused-ring (bicyclic) bond motifs is 1. The molecule has 0 atom stereocenters. The molecule has 0 saturated heterocycles. The Morgan fingerprint density at radius 2 is 1.77 bits per heavy atom. The second-order valence-electron chi connectivity index (χ2n) is 5.13. The molecule has 1 heterocycles. The minimum Gasteiger partial charge on any atom is -0.497 e. The van der Waals surface area contributed by atoms with E-state index >= 15 is 0 Å². The third kappa shape index (κ3) is 2.93. The maximum Gasteiger partial charge on any atom is 0.336 e. The molecule has 0 N–H and O–H groups in total. The van der Waals surface area contributed by atoms with Gasteiger partial charge in [-0.15, -0.1) is 0 Å². The number of hydrogen-bond donors (Lipinski definition) is 0. The van der Waals surface area contributed by atoms with Crippen LogP contribution in [0, 0.1) is 6.92 Å². The Balaban J connectivity index is 2.03. The van der Waals surface area contributed by atoms with E-state index in [0.717, 1.165) is 27.8 Å². The Morgan fingerprint density at radius 1 is 1.00 bits per heavy atom. The Kier molecular flexibility index (Phi) is 3.79. The van der Waals surface area contributed by atoms with Crippen LogP contribution in [-0.4, -0.2) is 7.11 Å². The topological polar surface area (TPSA) is 39.4 Å². The van der Waals surface area contributed by atoms with E-state index in [1.54, 1.807) is 7.11 Å². The van der Waals surface area contributed by atoms with Crippen LogP contribution in [0.15, 0.2) is 57.7 Å². The highest BCUT2D eigenvalue weighted by atomic mass is 16.5.